The van der Waals surface area contributed by atoms with Crippen molar-refractivity contribution >= 4 is 5.97 Å². The quantitative estimate of drug-likeness (QED) is 0.471. The van der Waals surface area contributed by atoms with Crippen molar-refractivity contribution in [1.29, 1.82) is 0 Å². The third-order valence-corrected chi connectivity index (χ3v) is 6.44. The molecule has 0 saturated carbocycles. The summed E-state index contributed by atoms with van der Waals surface area (Å²) in [6.45, 7) is 12.6. The van der Waals surface area contributed by atoms with Crippen LogP contribution in [0.3, 0.4) is 0 Å². The highest BCUT2D eigenvalue weighted by molar-refractivity contribution is 5.82. The van der Waals surface area contributed by atoms with Crippen LogP contribution in [-0.4, -0.2) is 60.1 Å². The van der Waals surface area contributed by atoms with E-state index < -0.39 is 5.92 Å². The molecule has 0 aromatic heterocycles. The molecule has 1 fully saturated rings. The summed E-state index contributed by atoms with van der Waals surface area (Å²) in [5, 5.41) is 0. The zero-order chi connectivity index (χ0) is 22.9. The van der Waals surface area contributed by atoms with Gasteiger partial charge in [-0.2, -0.15) is 0 Å². The first-order valence-electron chi connectivity index (χ1n) is 12.2. The maximum atomic E-state index is 13.7. The van der Waals surface area contributed by atoms with Crippen LogP contribution in [0.4, 0.5) is 0 Å². The molecule has 174 valence electrons. The lowest BCUT2D eigenvalue weighted by molar-refractivity contribution is -0.152. The summed E-state index contributed by atoms with van der Waals surface area (Å²) in [5.74, 6) is -0.565. The average Bonchev–Trinajstić information content (AvgIpc) is 2.79. The van der Waals surface area contributed by atoms with E-state index in [4.69, 9.17) is 4.74 Å². The molecule has 0 bridgehead atoms. The summed E-state index contributed by atoms with van der Waals surface area (Å²) < 4.78 is 6.33. The summed E-state index contributed by atoms with van der Waals surface area (Å²) in [5.41, 5.74) is 1.95. The number of esters is 1. The third-order valence-electron chi connectivity index (χ3n) is 6.44. The second kappa shape index (κ2) is 12.2. The normalized spacial score (nSPS) is 16.1. The van der Waals surface area contributed by atoms with E-state index in [1.807, 2.05) is 60.7 Å². The number of piperidine rings is 1. The molecule has 0 aliphatic carbocycles. The number of hydrogen-bond acceptors (Lipinski definition) is 4. The highest BCUT2D eigenvalue weighted by atomic mass is 16.5. The largest absolute Gasteiger partial charge is 0.459 e. The van der Waals surface area contributed by atoms with Crippen molar-refractivity contribution in [2.45, 2.75) is 71.1 Å². The molecule has 1 saturated heterocycles. The molecule has 4 heteroatoms. The molecule has 2 aromatic rings. The Morgan fingerprint density at radius 1 is 0.844 bits per heavy atom. The maximum absolute atomic E-state index is 13.7. The Labute approximate surface area is 194 Å². The Balaban J connectivity index is 1.83. The van der Waals surface area contributed by atoms with Crippen LogP contribution < -0.4 is 0 Å². The van der Waals surface area contributed by atoms with Crippen LogP contribution in [0.5, 0.6) is 0 Å². The van der Waals surface area contributed by atoms with Crippen molar-refractivity contribution in [3.63, 3.8) is 0 Å². The van der Waals surface area contributed by atoms with Crippen molar-refractivity contribution < 1.29 is 9.53 Å². The molecule has 0 radical (unpaired) electrons. The lowest BCUT2D eigenvalue weighted by Crippen LogP contribution is -2.48. The SMILES string of the molecule is CC(C)N(CC(CN1CCCCC1)OC(=O)C(c1ccccc1)c1ccccc1)C(C)C. The molecular weight excluding hydrogens is 396 g/mol. The minimum absolute atomic E-state index is 0.152. The standard InChI is InChI=1S/C28H40N2O2/c1-22(2)30(23(3)4)21-26(20-29-18-12-7-13-19-29)32-28(31)27(24-14-8-5-9-15-24)25-16-10-6-11-17-25/h5-6,8-11,14-17,22-23,26-27H,7,12-13,18-21H2,1-4H3. The summed E-state index contributed by atoms with van der Waals surface area (Å²) in [6.07, 6.45) is 3.61. The van der Waals surface area contributed by atoms with E-state index in [2.05, 4.69) is 37.5 Å². The first kappa shape index (κ1) is 24.5. The van der Waals surface area contributed by atoms with Gasteiger partial charge in [-0.1, -0.05) is 67.1 Å². The zero-order valence-electron chi connectivity index (χ0n) is 20.2. The van der Waals surface area contributed by atoms with Gasteiger partial charge in [-0.15, -0.1) is 0 Å². The van der Waals surface area contributed by atoms with Gasteiger partial charge in [-0.3, -0.25) is 14.6 Å². The van der Waals surface area contributed by atoms with Gasteiger partial charge in [0, 0.05) is 25.2 Å². The molecule has 3 rings (SSSR count). The van der Waals surface area contributed by atoms with Crippen LogP contribution in [0.25, 0.3) is 0 Å². The van der Waals surface area contributed by atoms with Gasteiger partial charge in [0.1, 0.15) is 12.0 Å². The van der Waals surface area contributed by atoms with Crippen molar-refractivity contribution in [3.8, 4) is 0 Å². The van der Waals surface area contributed by atoms with Crippen LogP contribution >= 0.6 is 0 Å². The highest BCUT2D eigenvalue weighted by Crippen LogP contribution is 2.27. The maximum Gasteiger partial charge on any atom is 0.318 e. The zero-order valence-corrected chi connectivity index (χ0v) is 20.2. The number of hydrogen-bond donors (Lipinski definition) is 0. The van der Waals surface area contributed by atoms with Crippen LogP contribution in [0, 0.1) is 0 Å². The fourth-order valence-corrected chi connectivity index (χ4v) is 4.80. The lowest BCUT2D eigenvalue weighted by Gasteiger charge is -2.37. The number of carbonyl (C=O) groups excluding carboxylic acids is 1. The van der Waals surface area contributed by atoms with Gasteiger partial charge in [0.25, 0.3) is 0 Å². The van der Waals surface area contributed by atoms with Gasteiger partial charge in [0.2, 0.25) is 0 Å². The molecule has 1 heterocycles. The predicted octanol–water partition coefficient (Wildman–Crippen LogP) is 5.34. The van der Waals surface area contributed by atoms with Gasteiger partial charge >= 0.3 is 5.97 Å². The second-order valence-electron chi connectivity index (χ2n) is 9.56. The molecule has 1 aliphatic heterocycles. The Kier molecular flexibility index (Phi) is 9.31. The average molecular weight is 437 g/mol. The highest BCUT2D eigenvalue weighted by Gasteiger charge is 2.30. The summed E-state index contributed by atoms with van der Waals surface area (Å²) in [7, 11) is 0. The predicted molar refractivity (Wildman–Crippen MR) is 132 cm³/mol. The van der Waals surface area contributed by atoms with Crippen molar-refractivity contribution in [1.82, 2.24) is 9.80 Å². The number of rotatable bonds is 10. The number of ether oxygens (including phenoxy) is 1. The molecule has 1 unspecified atom stereocenters. The molecular formula is C28H40N2O2. The molecule has 4 nitrogen and oxygen atoms in total. The van der Waals surface area contributed by atoms with E-state index in [9.17, 15) is 4.79 Å². The number of benzene rings is 2. The summed E-state index contributed by atoms with van der Waals surface area (Å²) >= 11 is 0. The van der Waals surface area contributed by atoms with Gasteiger partial charge in [-0.05, 0) is 64.8 Å². The Hall–Kier alpha value is -2.17. The molecule has 0 amide bonds. The van der Waals surface area contributed by atoms with Gasteiger partial charge in [0.05, 0.1) is 0 Å². The molecule has 2 aromatic carbocycles. The number of nitrogens with zero attached hydrogens (tertiary/aromatic N) is 2. The topological polar surface area (TPSA) is 32.8 Å². The number of likely N-dealkylation sites (tertiary alicyclic amines) is 1. The van der Waals surface area contributed by atoms with E-state index in [0.29, 0.717) is 12.1 Å². The molecule has 32 heavy (non-hydrogen) atoms. The van der Waals surface area contributed by atoms with Crippen LogP contribution in [0.2, 0.25) is 0 Å². The Morgan fingerprint density at radius 2 is 1.34 bits per heavy atom. The Bertz CT molecular complexity index is 753. The smallest absolute Gasteiger partial charge is 0.318 e. The van der Waals surface area contributed by atoms with Crippen LogP contribution in [0.15, 0.2) is 60.7 Å². The second-order valence-corrected chi connectivity index (χ2v) is 9.56. The molecule has 1 aliphatic rings. The summed E-state index contributed by atoms with van der Waals surface area (Å²) in [6, 6.07) is 20.8. The van der Waals surface area contributed by atoms with Crippen LogP contribution in [-0.2, 0) is 9.53 Å². The third kappa shape index (κ3) is 6.91. The van der Waals surface area contributed by atoms with Gasteiger partial charge in [-0.25, -0.2) is 0 Å². The van der Waals surface area contributed by atoms with E-state index in [1.54, 1.807) is 0 Å². The minimum atomic E-state index is -0.409. The van der Waals surface area contributed by atoms with Gasteiger partial charge in [0.15, 0.2) is 0 Å². The van der Waals surface area contributed by atoms with Crippen molar-refractivity contribution in [3.05, 3.63) is 71.8 Å². The van der Waals surface area contributed by atoms with E-state index >= 15 is 0 Å². The minimum Gasteiger partial charge on any atom is -0.459 e. The molecule has 1 atom stereocenters. The monoisotopic (exact) mass is 436 g/mol. The number of carbonyl (C=O) groups is 1. The molecule has 0 N–H and O–H groups in total. The molecule has 0 spiro atoms. The van der Waals surface area contributed by atoms with Crippen molar-refractivity contribution in [2.24, 2.45) is 0 Å². The van der Waals surface area contributed by atoms with Crippen LogP contribution in [0.1, 0.15) is 64.0 Å². The van der Waals surface area contributed by atoms with Gasteiger partial charge < -0.3 is 4.74 Å². The fraction of sp³-hybridized carbons (Fsp3) is 0.536. The van der Waals surface area contributed by atoms with E-state index in [-0.39, 0.29) is 12.1 Å². The first-order chi connectivity index (χ1) is 15.5. The van der Waals surface area contributed by atoms with E-state index in [0.717, 1.165) is 37.3 Å². The Morgan fingerprint density at radius 3 is 1.81 bits per heavy atom. The fourth-order valence-electron chi connectivity index (χ4n) is 4.80. The first-order valence-corrected chi connectivity index (χ1v) is 12.2. The van der Waals surface area contributed by atoms with E-state index in [1.165, 1.54) is 19.3 Å². The lowest BCUT2D eigenvalue weighted by atomic mass is 9.91. The van der Waals surface area contributed by atoms with Crippen molar-refractivity contribution in [2.75, 3.05) is 26.2 Å². The summed E-state index contributed by atoms with van der Waals surface area (Å²) in [4.78, 5) is 18.6.